The maximum absolute atomic E-state index is 12.8. The Morgan fingerprint density at radius 1 is 1.04 bits per heavy atom. The number of hydrogen-bond acceptors (Lipinski definition) is 3. The lowest BCUT2D eigenvalue weighted by atomic mass is 10.0. The van der Waals surface area contributed by atoms with Crippen LogP contribution in [0.1, 0.15) is 57.8 Å². The molecule has 2 saturated heterocycles. The molecule has 0 aromatic heterocycles. The maximum Gasteiger partial charge on any atom is 0.227 e. The molecule has 2 aliphatic heterocycles. The van der Waals surface area contributed by atoms with E-state index in [9.17, 15) is 9.59 Å². The molecule has 134 valence electrons. The van der Waals surface area contributed by atoms with Gasteiger partial charge in [-0.3, -0.25) is 9.59 Å². The molecule has 1 atom stereocenters. The van der Waals surface area contributed by atoms with Crippen molar-refractivity contribution in [3.63, 3.8) is 0 Å². The number of carbonyl (C=O) groups excluding carboxylic acids is 2. The monoisotopic (exact) mass is 333 g/mol. The van der Waals surface area contributed by atoms with Crippen LogP contribution in [-0.4, -0.2) is 59.9 Å². The summed E-state index contributed by atoms with van der Waals surface area (Å²) in [5.41, 5.74) is 0. The molecule has 2 heterocycles. The molecule has 0 radical (unpaired) electrons. The van der Waals surface area contributed by atoms with Crippen LogP contribution in [-0.2, 0) is 9.59 Å². The standard InChI is InChI=1S/C19H31N3O2/c23-18-11-15(13-22(18)17-3-1-2-4-17)19(24)21-9-7-16(8-10-21)20-12-14-5-6-14/h14-17,20H,1-13H2. The smallest absolute Gasteiger partial charge is 0.227 e. The van der Waals surface area contributed by atoms with Gasteiger partial charge in [-0.05, 0) is 51.0 Å². The quantitative estimate of drug-likeness (QED) is 0.834. The summed E-state index contributed by atoms with van der Waals surface area (Å²) >= 11 is 0. The topological polar surface area (TPSA) is 52.7 Å². The number of rotatable bonds is 5. The van der Waals surface area contributed by atoms with E-state index in [1.807, 2.05) is 9.80 Å². The lowest BCUT2D eigenvalue weighted by Gasteiger charge is -2.34. The van der Waals surface area contributed by atoms with Gasteiger partial charge in [-0.2, -0.15) is 0 Å². The Kier molecular flexibility index (Phi) is 4.79. The summed E-state index contributed by atoms with van der Waals surface area (Å²) in [5.74, 6) is 1.26. The van der Waals surface area contributed by atoms with Crippen LogP contribution in [0.3, 0.4) is 0 Å². The minimum absolute atomic E-state index is 0.0888. The molecule has 0 aromatic carbocycles. The van der Waals surface area contributed by atoms with E-state index in [0.717, 1.165) is 51.2 Å². The summed E-state index contributed by atoms with van der Waals surface area (Å²) in [4.78, 5) is 29.2. The third-order valence-corrected chi connectivity index (χ3v) is 6.47. The molecule has 4 aliphatic rings. The van der Waals surface area contributed by atoms with E-state index < -0.39 is 0 Å². The van der Waals surface area contributed by atoms with Crippen molar-refractivity contribution in [2.24, 2.45) is 11.8 Å². The highest BCUT2D eigenvalue weighted by Gasteiger charge is 2.40. The van der Waals surface area contributed by atoms with Gasteiger partial charge in [0.15, 0.2) is 0 Å². The van der Waals surface area contributed by atoms with E-state index in [-0.39, 0.29) is 17.7 Å². The van der Waals surface area contributed by atoms with Crippen LogP contribution in [0.5, 0.6) is 0 Å². The predicted octanol–water partition coefficient (Wildman–Crippen LogP) is 1.77. The lowest BCUT2D eigenvalue weighted by molar-refractivity contribution is -0.136. The summed E-state index contributed by atoms with van der Waals surface area (Å²) < 4.78 is 0. The molecule has 2 aliphatic carbocycles. The molecule has 1 unspecified atom stereocenters. The van der Waals surface area contributed by atoms with Crippen molar-refractivity contribution in [3.8, 4) is 0 Å². The third-order valence-electron chi connectivity index (χ3n) is 6.47. The molecule has 5 heteroatoms. The van der Waals surface area contributed by atoms with Crippen molar-refractivity contribution in [2.45, 2.75) is 69.9 Å². The Hall–Kier alpha value is -1.10. The molecule has 5 nitrogen and oxygen atoms in total. The average molecular weight is 333 g/mol. The van der Waals surface area contributed by atoms with Crippen LogP contribution in [0, 0.1) is 11.8 Å². The normalized spacial score (nSPS) is 29.7. The zero-order valence-electron chi connectivity index (χ0n) is 14.7. The van der Waals surface area contributed by atoms with Gasteiger partial charge in [0.25, 0.3) is 0 Å². The average Bonchev–Trinajstić information content (AvgIpc) is 3.11. The first-order valence-corrected chi connectivity index (χ1v) is 10.0. The minimum atomic E-state index is -0.0888. The molecule has 2 amide bonds. The zero-order chi connectivity index (χ0) is 16.5. The highest BCUT2D eigenvalue weighted by Crippen LogP contribution is 2.31. The van der Waals surface area contributed by atoms with Gasteiger partial charge in [-0.15, -0.1) is 0 Å². The van der Waals surface area contributed by atoms with Crippen LogP contribution in [0.15, 0.2) is 0 Å². The first-order chi connectivity index (χ1) is 11.7. The summed E-state index contributed by atoms with van der Waals surface area (Å²) in [6, 6.07) is 0.988. The first kappa shape index (κ1) is 16.4. The number of amides is 2. The summed E-state index contributed by atoms with van der Waals surface area (Å²) in [6.07, 6.45) is 10.1. The van der Waals surface area contributed by atoms with Crippen molar-refractivity contribution in [1.29, 1.82) is 0 Å². The van der Waals surface area contributed by atoms with Gasteiger partial charge < -0.3 is 15.1 Å². The van der Waals surface area contributed by atoms with Crippen LogP contribution < -0.4 is 5.32 Å². The largest absolute Gasteiger partial charge is 0.342 e. The van der Waals surface area contributed by atoms with E-state index in [4.69, 9.17) is 0 Å². The van der Waals surface area contributed by atoms with Crippen molar-refractivity contribution >= 4 is 11.8 Å². The Morgan fingerprint density at radius 3 is 2.42 bits per heavy atom. The van der Waals surface area contributed by atoms with Gasteiger partial charge in [-0.25, -0.2) is 0 Å². The van der Waals surface area contributed by atoms with Crippen molar-refractivity contribution in [1.82, 2.24) is 15.1 Å². The minimum Gasteiger partial charge on any atom is -0.342 e. The van der Waals surface area contributed by atoms with Crippen LogP contribution >= 0.6 is 0 Å². The summed E-state index contributed by atoms with van der Waals surface area (Å²) in [5, 5.41) is 3.66. The number of likely N-dealkylation sites (tertiary alicyclic amines) is 2. The van der Waals surface area contributed by atoms with Gasteiger partial charge in [0.2, 0.25) is 11.8 Å². The summed E-state index contributed by atoms with van der Waals surface area (Å²) in [7, 11) is 0. The van der Waals surface area contributed by atoms with Crippen molar-refractivity contribution < 1.29 is 9.59 Å². The molecular formula is C19H31N3O2. The molecule has 0 bridgehead atoms. The van der Waals surface area contributed by atoms with Gasteiger partial charge in [0.1, 0.15) is 0 Å². The van der Waals surface area contributed by atoms with Crippen molar-refractivity contribution in [3.05, 3.63) is 0 Å². The Labute approximate surface area is 145 Å². The fourth-order valence-electron chi connectivity index (χ4n) is 4.68. The SMILES string of the molecule is O=C(C1CC(=O)N(C2CCCC2)C1)N1CCC(NCC2CC2)CC1. The van der Waals surface area contributed by atoms with Gasteiger partial charge in [-0.1, -0.05) is 12.8 Å². The predicted molar refractivity (Wildman–Crippen MR) is 92.4 cm³/mol. The lowest BCUT2D eigenvalue weighted by Crippen LogP contribution is -2.47. The molecule has 2 saturated carbocycles. The first-order valence-electron chi connectivity index (χ1n) is 10.0. The number of nitrogens with one attached hydrogen (secondary N) is 1. The summed E-state index contributed by atoms with van der Waals surface area (Å²) in [6.45, 7) is 3.54. The zero-order valence-corrected chi connectivity index (χ0v) is 14.7. The highest BCUT2D eigenvalue weighted by molar-refractivity contribution is 5.89. The molecule has 4 fully saturated rings. The second-order valence-electron chi connectivity index (χ2n) is 8.34. The molecule has 0 spiro atoms. The number of piperidine rings is 1. The van der Waals surface area contributed by atoms with E-state index in [0.29, 0.717) is 25.0 Å². The van der Waals surface area contributed by atoms with Crippen molar-refractivity contribution in [2.75, 3.05) is 26.2 Å². The second kappa shape index (κ2) is 7.03. The second-order valence-corrected chi connectivity index (χ2v) is 8.34. The molecule has 0 aromatic rings. The molecule has 24 heavy (non-hydrogen) atoms. The molecule has 1 N–H and O–H groups in total. The Morgan fingerprint density at radius 2 is 1.75 bits per heavy atom. The van der Waals surface area contributed by atoms with Crippen LogP contribution in [0.4, 0.5) is 0 Å². The fourth-order valence-corrected chi connectivity index (χ4v) is 4.68. The maximum atomic E-state index is 12.8. The Balaban J connectivity index is 1.24. The molecule has 4 rings (SSSR count). The van der Waals surface area contributed by atoms with Crippen LogP contribution in [0.2, 0.25) is 0 Å². The van der Waals surface area contributed by atoms with Crippen LogP contribution in [0.25, 0.3) is 0 Å². The fraction of sp³-hybridized carbons (Fsp3) is 0.895. The number of hydrogen-bond donors (Lipinski definition) is 1. The highest BCUT2D eigenvalue weighted by atomic mass is 16.2. The third kappa shape index (κ3) is 3.61. The molecular weight excluding hydrogens is 302 g/mol. The number of carbonyl (C=O) groups is 2. The number of nitrogens with zero attached hydrogens (tertiary/aromatic N) is 2. The van der Waals surface area contributed by atoms with E-state index in [1.54, 1.807) is 0 Å². The Bertz CT molecular complexity index is 477. The van der Waals surface area contributed by atoms with E-state index >= 15 is 0 Å². The van der Waals surface area contributed by atoms with E-state index in [2.05, 4.69) is 5.32 Å². The van der Waals surface area contributed by atoms with Gasteiger partial charge in [0.05, 0.1) is 5.92 Å². The van der Waals surface area contributed by atoms with E-state index in [1.165, 1.54) is 25.7 Å². The van der Waals surface area contributed by atoms with Gasteiger partial charge in [0, 0.05) is 38.1 Å². The van der Waals surface area contributed by atoms with Gasteiger partial charge >= 0.3 is 0 Å².